The molecule has 2 rings (SSSR count). The molecular weight excluding hydrogens is 298 g/mol. The molecule has 7 heteroatoms. The van der Waals surface area contributed by atoms with Crippen molar-refractivity contribution >= 4 is 17.5 Å². The van der Waals surface area contributed by atoms with Crippen LogP contribution in [-0.2, 0) is 4.79 Å². The molecule has 0 spiro atoms. The van der Waals surface area contributed by atoms with Gasteiger partial charge in [0, 0.05) is 30.8 Å². The van der Waals surface area contributed by atoms with Crippen molar-refractivity contribution in [2.75, 3.05) is 13.1 Å². The molecule has 2 unspecified atom stereocenters. The highest BCUT2D eigenvalue weighted by atomic mass is 16.6. The predicted molar refractivity (Wildman–Crippen MR) is 85.0 cm³/mol. The molecule has 1 aromatic rings. The minimum atomic E-state index is -0.660. The second-order valence-corrected chi connectivity index (χ2v) is 6.03. The van der Waals surface area contributed by atoms with E-state index in [1.54, 1.807) is 11.8 Å². The standard InChI is InChI=1S/C16H21N3O4/c1-11-5-4-8-18(10-11)16(21)12(2)17-15(20)13-6-3-7-14(9-13)19(22)23/h3,6-7,9,11-12H,4-5,8,10H2,1-2H3,(H,17,20). The van der Waals surface area contributed by atoms with Gasteiger partial charge < -0.3 is 10.2 Å². The highest BCUT2D eigenvalue weighted by Gasteiger charge is 2.26. The number of nitrogens with zero attached hydrogens (tertiary/aromatic N) is 2. The summed E-state index contributed by atoms with van der Waals surface area (Å²) in [5.74, 6) is -0.137. The first-order chi connectivity index (χ1) is 10.9. The van der Waals surface area contributed by atoms with Crippen LogP contribution in [0.2, 0.25) is 0 Å². The number of non-ortho nitro benzene ring substituents is 1. The zero-order chi connectivity index (χ0) is 17.0. The lowest BCUT2D eigenvalue weighted by Crippen LogP contribution is -2.49. The number of nitrogens with one attached hydrogen (secondary N) is 1. The first-order valence-electron chi connectivity index (χ1n) is 7.72. The zero-order valence-electron chi connectivity index (χ0n) is 13.3. The van der Waals surface area contributed by atoms with Crippen molar-refractivity contribution < 1.29 is 14.5 Å². The lowest BCUT2D eigenvalue weighted by Gasteiger charge is -2.32. The summed E-state index contributed by atoms with van der Waals surface area (Å²) in [6.45, 7) is 5.15. The van der Waals surface area contributed by atoms with Crippen LogP contribution in [0.15, 0.2) is 24.3 Å². The second-order valence-electron chi connectivity index (χ2n) is 6.03. The van der Waals surface area contributed by atoms with Gasteiger partial charge in [-0.05, 0) is 31.7 Å². The van der Waals surface area contributed by atoms with Crippen molar-refractivity contribution in [2.45, 2.75) is 32.7 Å². The van der Waals surface area contributed by atoms with E-state index in [-0.39, 0.29) is 17.2 Å². The molecule has 1 N–H and O–H groups in total. The normalized spacial score (nSPS) is 19.0. The summed E-state index contributed by atoms with van der Waals surface area (Å²) in [5, 5.41) is 13.4. The molecule has 1 saturated heterocycles. The van der Waals surface area contributed by atoms with Gasteiger partial charge >= 0.3 is 0 Å². The number of carbonyl (C=O) groups excluding carboxylic acids is 2. The Morgan fingerprint density at radius 1 is 1.43 bits per heavy atom. The van der Waals surface area contributed by atoms with Crippen LogP contribution in [0.5, 0.6) is 0 Å². The van der Waals surface area contributed by atoms with E-state index in [0.29, 0.717) is 19.0 Å². The van der Waals surface area contributed by atoms with Crippen molar-refractivity contribution in [3.8, 4) is 0 Å². The average molecular weight is 319 g/mol. The number of hydrogen-bond acceptors (Lipinski definition) is 4. The van der Waals surface area contributed by atoms with Crippen LogP contribution < -0.4 is 5.32 Å². The lowest BCUT2D eigenvalue weighted by atomic mass is 10.00. The van der Waals surface area contributed by atoms with Gasteiger partial charge in [-0.25, -0.2) is 0 Å². The molecule has 0 aromatic heterocycles. The third-order valence-electron chi connectivity index (χ3n) is 4.01. The van der Waals surface area contributed by atoms with Gasteiger partial charge in [-0.3, -0.25) is 19.7 Å². The first kappa shape index (κ1) is 16.9. The molecule has 1 aromatic carbocycles. The molecule has 1 fully saturated rings. The van der Waals surface area contributed by atoms with Gasteiger partial charge in [-0.1, -0.05) is 13.0 Å². The Hall–Kier alpha value is -2.44. The maximum absolute atomic E-state index is 12.4. The van der Waals surface area contributed by atoms with E-state index in [1.807, 2.05) is 0 Å². The summed E-state index contributed by atoms with van der Waals surface area (Å²) in [4.78, 5) is 36.5. The SMILES string of the molecule is CC1CCCN(C(=O)C(C)NC(=O)c2cccc([N+](=O)[O-])c2)C1. The second kappa shape index (κ2) is 7.21. The van der Waals surface area contributed by atoms with Crippen LogP contribution in [0, 0.1) is 16.0 Å². The van der Waals surface area contributed by atoms with Crippen molar-refractivity contribution in [1.29, 1.82) is 0 Å². The number of rotatable bonds is 4. The molecule has 124 valence electrons. The topological polar surface area (TPSA) is 92.6 Å². The minimum absolute atomic E-state index is 0.115. The largest absolute Gasteiger partial charge is 0.341 e. The lowest BCUT2D eigenvalue weighted by molar-refractivity contribution is -0.384. The van der Waals surface area contributed by atoms with Crippen molar-refractivity contribution in [2.24, 2.45) is 5.92 Å². The van der Waals surface area contributed by atoms with Crippen LogP contribution in [0.3, 0.4) is 0 Å². The Morgan fingerprint density at radius 3 is 2.83 bits per heavy atom. The molecule has 1 aliphatic heterocycles. The number of nitro benzene ring substituents is 1. The Labute approximate surface area is 134 Å². The van der Waals surface area contributed by atoms with Gasteiger partial charge in [-0.15, -0.1) is 0 Å². The molecule has 7 nitrogen and oxygen atoms in total. The summed E-state index contributed by atoms with van der Waals surface area (Å²) in [5.41, 5.74) is 0.0207. The average Bonchev–Trinajstić information content (AvgIpc) is 2.54. The fraction of sp³-hybridized carbons (Fsp3) is 0.500. The predicted octanol–water partition coefficient (Wildman–Crippen LogP) is 1.97. The van der Waals surface area contributed by atoms with Crippen LogP contribution in [0.1, 0.15) is 37.0 Å². The summed E-state index contributed by atoms with van der Waals surface area (Å²) in [6.07, 6.45) is 2.08. The molecule has 0 saturated carbocycles. The Bertz CT molecular complexity index is 617. The highest BCUT2D eigenvalue weighted by Crippen LogP contribution is 2.17. The number of carbonyl (C=O) groups is 2. The first-order valence-corrected chi connectivity index (χ1v) is 7.72. The molecule has 2 atom stereocenters. The molecule has 23 heavy (non-hydrogen) atoms. The number of likely N-dealkylation sites (tertiary alicyclic amines) is 1. The van der Waals surface area contributed by atoms with Crippen molar-refractivity contribution in [1.82, 2.24) is 10.2 Å². The van der Waals surface area contributed by atoms with E-state index >= 15 is 0 Å². The van der Waals surface area contributed by atoms with Crippen LogP contribution in [0.25, 0.3) is 0 Å². The van der Waals surface area contributed by atoms with Crippen LogP contribution in [-0.4, -0.2) is 40.8 Å². The van der Waals surface area contributed by atoms with E-state index in [1.165, 1.54) is 24.3 Å². The van der Waals surface area contributed by atoms with Gasteiger partial charge in [0.25, 0.3) is 11.6 Å². The van der Waals surface area contributed by atoms with E-state index < -0.39 is 16.9 Å². The quantitative estimate of drug-likeness (QED) is 0.678. The summed E-state index contributed by atoms with van der Waals surface area (Å²) >= 11 is 0. The minimum Gasteiger partial charge on any atom is -0.341 e. The highest BCUT2D eigenvalue weighted by molar-refractivity contribution is 5.97. The van der Waals surface area contributed by atoms with Gasteiger partial charge in [0.15, 0.2) is 0 Å². The molecule has 2 amide bonds. The molecule has 1 aliphatic rings. The monoisotopic (exact) mass is 319 g/mol. The Balaban J connectivity index is 2.00. The van der Waals surface area contributed by atoms with E-state index in [0.717, 1.165) is 12.8 Å². The van der Waals surface area contributed by atoms with Gasteiger partial charge in [-0.2, -0.15) is 0 Å². The molecule has 0 bridgehead atoms. The Kier molecular flexibility index (Phi) is 5.31. The maximum Gasteiger partial charge on any atom is 0.270 e. The van der Waals surface area contributed by atoms with Gasteiger partial charge in [0.2, 0.25) is 5.91 Å². The summed E-state index contributed by atoms with van der Waals surface area (Å²) in [7, 11) is 0. The maximum atomic E-state index is 12.4. The molecule has 0 radical (unpaired) electrons. The van der Waals surface area contributed by atoms with Gasteiger partial charge in [0.1, 0.15) is 6.04 Å². The van der Waals surface area contributed by atoms with Crippen LogP contribution >= 0.6 is 0 Å². The number of hydrogen-bond donors (Lipinski definition) is 1. The number of nitro groups is 1. The van der Waals surface area contributed by atoms with Crippen molar-refractivity contribution in [3.63, 3.8) is 0 Å². The smallest absolute Gasteiger partial charge is 0.270 e. The Morgan fingerprint density at radius 2 is 2.17 bits per heavy atom. The van der Waals surface area contributed by atoms with E-state index in [4.69, 9.17) is 0 Å². The van der Waals surface area contributed by atoms with E-state index in [9.17, 15) is 19.7 Å². The fourth-order valence-electron chi connectivity index (χ4n) is 2.77. The number of benzene rings is 1. The zero-order valence-corrected chi connectivity index (χ0v) is 13.3. The summed E-state index contributed by atoms with van der Waals surface area (Å²) < 4.78 is 0. The number of piperidine rings is 1. The third kappa shape index (κ3) is 4.28. The number of amides is 2. The third-order valence-corrected chi connectivity index (χ3v) is 4.01. The van der Waals surface area contributed by atoms with Gasteiger partial charge in [0.05, 0.1) is 4.92 Å². The van der Waals surface area contributed by atoms with Crippen molar-refractivity contribution in [3.05, 3.63) is 39.9 Å². The molecular formula is C16H21N3O4. The fourth-order valence-corrected chi connectivity index (χ4v) is 2.77. The van der Waals surface area contributed by atoms with E-state index in [2.05, 4.69) is 12.2 Å². The summed E-state index contributed by atoms with van der Waals surface area (Å²) in [6, 6.07) is 4.80. The van der Waals surface area contributed by atoms with Crippen LogP contribution in [0.4, 0.5) is 5.69 Å². The molecule has 1 heterocycles. The molecule has 0 aliphatic carbocycles.